The minimum atomic E-state index is -0.865. The quantitative estimate of drug-likeness (QED) is 0.111. The maximum atomic E-state index is 12.9. The number of nitrogens with one attached hydrogen (secondary N) is 2. The first-order valence-corrected chi connectivity index (χ1v) is 39.8. The van der Waals surface area contributed by atoms with E-state index in [1.165, 1.54) is 66.3 Å². The van der Waals surface area contributed by atoms with E-state index < -0.39 is 17.2 Å². The van der Waals surface area contributed by atoms with Crippen LogP contribution in [0.1, 0.15) is 92.0 Å². The summed E-state index contributed by atoms with van der Waals surface area (Å²) in [6.45, 7) is 38.0. The molecule has 4 atom stereocenters. The lowest BCUT2D eigenvalue weighted by Crippen LogP contribution is -2.55. The highest BCUT2D eigenvalue weighted by Gasteiger charge is 2.33. The third-order valence-electron chi connectivity index (χ3n) is 19.4. The number of hydrogen-bond donors (Lipinski definition) is 3. The second-order valence-electron chi connectivity index (χ2n) is 30.9. The zero-order valence-electron chi connectivity index (χ0n) is 67.9. The van der Waals surface area contributed by atoms with Crippen LogP contribution in [0.5, 0.6) is 0 Å². The number of para-hydroxylation sites is 3. The van der Waals surface area contributed by atoms with Gasteiger partial charge in [0.15, 0.2) is 0 Å². The number of aryl methyl sites for hydroxylation is 4. The van der Waals surface area contributed by atoms with E-state index in [0.29, 0.717) is 19.1 Å². The SMILES string of the molecule is Brc1ccccc1-c1ccccc1.C[C@H]1CN(c2ccccc2-c2ccccc2)CCN1.C[C@H]1CN(c2ccccc2-c2ccccc2)CCN1C(=O)OC(C)(C)C.C[C@H]1CNCCN1C(=O)OC(C)(C)C.Cc1cc(C)n(CC(=O)N2CCN(c3ccccc3-c3ccccc3)C[C@@H]2C)n1.Cc1cc(C)n(CC(=O)O)n1. The lowest BCUT2D eigenvalue weighted by Gasteiger charge is -2.41. The van der Waals surface area contributed by atoms with E-state index >= 15 is 0 Å². The molecule has 4 aliphatic rings. The van der Waals surface area contributed by atoms with Crippen LogP contribution in [0.4, 0.5) is 26.7 Å². The van der Waals surface area contributed by atoms with Gasteiger partial charge in [-0.3, -0.25) is 19.0 Å². The topological polar surface area (TPSA) is 186 Å². The average Bonchev–Trinajstić information content (AvgIpc) is 0.885. The Morgan fingerprint density at radius 3 is 1.15 bits per heavy atom. The summed E-state index contributed by atoms with van der Waals surface area (Å²) in [5.41, 5.74) is 16.7. The minimum Gasteiger partial charge on any atom is -0.480 e. The van der Waals surface area contributed by atoms with Crippen molar-refractivity contribution in [2.75, 3.05) is 93.2 Å². The summed E-state index contributed by atoms with van der Waals surface area (Å²) in [5.74, 6) is -0.726. The van der Waals surface area contributed by atoms with Crippen molar-refractivity contribution in [2.24, 2.45) is 0 Å². The summed E-state index contributed by atoms with van der Waals surface area (Å²) < 4.78 is 15.3. The Labute approximate surface area is 672 Å². The first-order valence-electron chi connectivity index (χ1n) is 39.0. The highest BCUT2D eigenvalue weighted by Crippen LogP contribution is 2.36. The molecule has 0 spiro atoms. The number of carboxylic acid groups (broad SMARTS) is 1. The molecule has 10 aromatic rings. The van der Waals surface area contributed by atoms with Crippen molar-refractivity contribution < 1.29 is 33.8 Å². The monoisotopic (exact) mass is 1580 g/mol. The summed E-state index contributed by atoms with van der Waals surface area (Å²) >= 11 is 3.53. The number of anilines is 3. The van der Waals surface area contributed by atoms with Gasteiger partial charge in [-0.25, -0.2) is 9.59 Å². The van der Waals surface area contributed by atoms with Gasteiger partial charge in [0.25, 0.3) is 0 Å². The molecule has 14 rings (SSSR count). The number of amides is 3. The van der Waals surface area contributed by atoms with Crippen LogP contribution < -0.4 is 25.3 Å². The van der Waals surface area contributed by atoms with Gasteiger partial charge in [-0.15, -0.1) is 0 Å². The Kier molecular flexibility index (Phi) is 31.4. The van der Waals surface area contributed by atoms with Gasteiger partial charge in [0.05, 0.1) is 11.4 Å². The van der Waals surface area contributed by atoms with Crippen molar-refractivity contribution in [1.82, 2.24) is 44.9 Å². The van der Waals surface area contributed by atoms with Crippen molar-refractivity contribution in [3.8, 4) is 44.5 Å². The largest absolute Gasteiger partial charge is 0.480 e. The van der Waals surface area contributed by atoms with Crippen molar-refractivity contribution in [1.29, 1.82) is 0 Å². The fourth-order valence-electron chi connectivity index (χ4n) is 14.1. The lowest BCUT2D eigenvalue weighted by molar-refractivity contribution is -0.138. The molecular formula is C92H115BrN12O7. The number of carbonyl (C=O) groups excluding carboxylic acids is 3. The number of piperazine rings is 4. The van der Waals surface area contributed by atoms with Gasteiger partial charge in [0, 0.05) is 152 Å². The maximum absolute atomic E-state index is 12.9. The number of hydrogen-bond acceptors (Lipinski definition) is 13. The van der Waals surface area contributed by atoms with E-state index in [0.717, 1.165) is 99.2 Å². The van der Waals surface area contributed by atoms with Crippen LogP contribution in [-0.4, -0.2) is 177 Å². The van der Waals surface area contributed by atoms with Crippen molar-refractivity contribution >= 4 is 57.1 Å². The van der Waals surface area contributed by atoms with E-state index in [-0.39, 0.29) is 42.8 Å². The predicted octanol–water partition coefficient (Wildman–Crippen LogP) is 17.8. The van der Waals surface area contributed by atoms with Crippen LogP contribution in [0, 0.1) is 27.7 Å². The molecule has 0 bridgehead atoms. The van der Waals surface area contributed by atoms with Gasteiger partial charge in [0.1, 0.15) is 24.3 Å². The molecule has 0 saturated carbocycles. The molecule has 3 amide bonds. The zero-order valence-corrected chi connectivity index (χ0v) is 69.5. The van der Waals surface area contributed by atoms with E-state index in [4.69, 9.17) is 14.6 Å². The Morgan fingerprint density at radius 1 is 0.429 bits per heavy atom. The second-order valence-corrected chi connectivity index (χ2v) is 31.8. The molecule has 592 valence electrons. The molecule has 3 N–H and O–H groups in total. The summed E-state index contributed by atoms with van der Waals surface area (Å²) in [5, 5.41) is 23.6. The molecule has 0 radical (unpaired) electrons. The number of carbonyl (C=O) groups is 4. The molecule has 20 heteroatoms. The molecule has 4 fully saturated rings. The van der Waals surface area contributed by atoms with Crippen molar-refractivity contribution in [3.05, 3.63) is 258 Å². The van der Waals surface area contributed by atoms with E-state index in [2.05, 4.69) is 260 Å². The van der Waals surface area contributed by atoms with Gasteiger partial charge in [0.2, 0.25) is 5.91 Å². The van der Waals surface area contributed by atoms with Crippen molar-refractivity contribution in [3.63, 3.8) is 0 Å². The number of aliphatic carboxylic acids is 1. The van der Waals surface area contributed by atoms with Crippen molar-refractivity contribution in [2.45, 2.75) is 145 Å². The van der Waals surface area contributed by atoms with E-state index in [1.54, 1.807) is 4.90 Å². The molecular weight excluding hydrogens is 1460 g/mol. The second kappa shape index (κ2) is 41.1. The van der Waals surface area contributed by atoms with E-state index in [9.17, 15) is 19.2 Å². The van der Waals surface area contributed by atoms with Crippen LogP contribution in [0.15, 0.2) is 235 Å². The number of ether oxygens (including phenoxy) is 2. The smallest absolute Gasteiger partial charge is 0.410 e. The Bertz CT molecular complexity index is 4600. The van der Waals surface area contributed by atoms with Gasteiger partial charge >= 0.3 is 18.2 Å². The average molecular weight is 1580 g/mol. The molecule has 4 saturated heterocycles. The standard InChI is InChI=1S/C24H28N4O.C22H28N2O2.C17H20N2.C12H9Br.C10H20N2O2.C7H10N2O2/c1-18-15-19(2)28(25-18)17-24(29)27-14-13-26(16-20(27)3)23-12-8-7-11-22(23)21-9-5-4-6-10-21;1-17-16-23(14-15-24(17)21(25)26-22(2,3)4)20-13-9-8-12-19(20)18-10-6-5-7-11-18;1-14-13-19(12-11-18-14)17-10-6-5-9-16(17)15-7-3-2-4-8-15;13-12-9-5-4-8-11(12)10-6-2-1-3-7-10;1-8-7-11-5-6-12(8)9(13)14-10(2,3)4;1-5-3-6(2)9(8-5)4-7(10)11/h4-12,15,20H,13-14,16-17H2,1-3H3;5-13,17H,14-16H2,1-4H3;2-10,14,18H,11-13H2,1H3;1-9H;8,11H,5-7H2,1-4H3;3H,4H2,1-2H3,(H,10,11)/t20-;17-;14-;;8-;/m000.0./s1. The summed E-state index contributed by atoms with van der Waals surface area (Å²) in [6, 6.07) is 80.8. The number of aromatic nitrogens is 4. The first kappa shape index (κ1) is 85.5. The lowest BCUT2D eigenvalue weighted by atomic mass is 10.0. The Morgan fingerprint density at radius 2 is 0.786 bits per heavy atom. The number of nitrogens with zero attached hydrogens (tertiary/aromatic N) is 10. The first-order chi connectivity index (χ1) is 53.6. The highest BCUT2D eigenvalue weighted by molar-refractivity contribution is 9.10. The van der Waals surface area contributed by atoms with Crippen LogP contribution in [0.25, 0.3) is 44.5 Å². The summed E-state index contributed by atoms with van der Waals surface area (Å²) in [4.78, 5) is 60.2. The minimum absolute atomic E-state index is 0.0559. The number of carboxylic acids is 1. The third-order valence-corrected chi connectivity index (χ3v) is 20.1. The molecule has 0 aliphatic carbocycles. The number of benzene rings is 8. The number of rotatable bonds is 11. The fraction of sp³-hybridized carbons (Fsp3) is 0.370. The predicted molar refractivity (Wildman–Crippen MR) is 459 cm³/mol. The van der Waals surface area contributed by atoms with Gasteiger partial charge in [-0.05, 0) is 161 Å². The Balaban J connectivity index is 0.000000160. The number of halogens is 1. The molecule has 2 aromatic heterocycles. The highest BCUT2D eigenvalue weighted by atomic mass is 79.9. The molecule has 19 nitrogen and oxygen atoms in total. The van der Waals surface area contributed by atoms with E-state index in [1.807, 2.05) is 133 Å². The van der Waals surface area contributed by atoms with Gasteiger partial charge in [-0.1, -0.05) is 210 Å². The maximum Gasteiger partial charge on any atom is 0.410 e. The van der Waals surface area contributed by atoms with Gasteiger partial charge < -0.3 is 54.6 Å². The molecule has 0 unspecified atom stereocenters. The molecule has 6 heterocycles. The summed E-state index contributed by atoms with van der Waals surface area (Å²) in [7, 11) is 0. The van der Waals surface area contributed by atoms with Crippen LogP contribution >= 0.6 is 15.9 Å². The third kappa shape index (κ3) is 25.5. The molecule has 112 heavy (non-hydrogen) atoms. The normalized spacial score (nSPS) is 16.9. The fourth-order valence-corrected chi connectivity index (χ4v) is 14.6. The summed E-state index contributed by atoms with van der Waals surface area (Å²) in [6.07, 6.45) is -0.424. The molecule has 4 aliphatic heterocycles. The Hall–Kier alpha value is -10.5. The van der Waals surface area contributed by atoms with Crippen LogP contribution in [0.2, 0.25) is 0 Å². The van der Waals surface area contributed by atoms with Gasteiger partial charge in [-0.2, -0.15) is 10.2 Å². The van der Waals surface area contributed by atoms with Crippen LogP contribution in [-0.2, 0) is 32.2 Å². The zero-order chi connectivity index (χ0) is 80.5. The van der Waals surface area contributed by atoms with Crippen LogP contribution in [0.3, 0.4) is 0 Å². The molecule has 8 aromatic carbocycles.